The Morgan fingerprint density at radius 3 is 2.40 bits per heavy atom. The topological polar surface area (TPSA) is 95.4 Å². The zero-order valence-electron chi connectivity index (χ0n) is 10.3. The SMILES string of the molecule is NC(=O)c1ccc2c(c1C(N)=O)Sc1ccccc1O2. The smallest absolute Gasteiger partial charge is 0.250 e. The first kappa shape index (κ1) is 12.6. The number of para-hydroxylation sites is 1. The van der Waals surface area contributed by atoms with Gasteiger partial charge < -0.3 is 16.2 Å². The van der Waals surface area contributed by atoms with Gasteiger partial charge in [-0.15, -0.1) is 0 Å². The first-order valence-corrected chi connectivity index (χ1v) is 6.61. The Labute approximate surface area is 118 Å². The van der Waals surface area contributed by atoms with E-state index in [2.05, 4.69) is 0 Å². The normalized spacial score (nSPS) is 12.0. The molecule has 100 valence electrons. The van der Waals surface area contributed by atoms with Crippen molar-refractivity contribution in [2.24, 2.45) is 11.5 Å². The molecular weight excluding hydrogens is 276 g/mol. The molecule has 0 radical (unpaired) electrons. The van der Waals surface area contributed by atoms with Crippen LogP contribution >= 0.6 is 11.8 Å². The van der Waals surface area contributed by atoms with Crippen LogP contribution in [0.1, 0.15) is 20.7 Å². The average Bonchev–Trinajstić information content (AvgIpc) is 2.43. The maximum absolute atomic E-state index is 11.7. The van der Waals surface area contributed by atoms with Crippen LogP contribution in [-0.4, -0.2) is 11.8 Å². The van der Waals surface area contributed by atoms with Gasteiger partial charge in [0, 0.05) is 0 Å². The predicted octanol–water partition coefficient (Wildman–Crippen LogP) is 2.14. The van der Waals surface area contributed by atoms with E-state index >= 15 is 0 Å². The lowest BCUT2D eigenvalue weighted by Crippen LogP contribution is -2.22. The number of ether oxygens (including phenoxy) is 1. The molecular formula is C14H10N2O3S. The van der Waals surface area contributed by atoms with Crippen molar-refractivity contribution in [1.29, 1.82) is 0 Å². The van der Waals surface area contributed by atoms with E-state index in [1.165, 1.54) is 17.8 Å². The van der Waals surface area contributed by atoms with E-state index in [0.29, 0.717) is 16.4 Å². The third kappa shape index (κ3) is 1.90. The zero-order valence-corrected chi connectivity index (χ0v) is 11.1. The van der Waals surface area contributed by atoms with E-state index < -0.39 is 11.8 Å². The lowest BCUT2D eigenvalue weighted by Gasteiger charge is -2.21. The molecule has 20 heavy (non-hydrogen) atoms. The first-order chi connectivity index (χ1) is 9.58. The highest BCUT2D eigenvalue weighted by atomic mass is 32.2. The van der Waals surface area contributed by atoms with Crippen LogP contribution in [0, 0.1) is 0 Å². The van der Waals surface area contributed by atoms with Gasteiger partial charge in [0.25, 0.3) is 5.91 Å². The fourth-order valence-corrected chi connectivity index (χ4v) is 3.14. The molecule has 0 unspecified atom stereocenters. The number of primary amides is 2. The van der Waals surface area contributed by atoms with Crippen molar-refractivity contribution in [2.45, 2.75) is 9.79 Å². The van der Waals surface area contributed by atoms with Gasteiger partial charge in [-0.25, -0.2) is 0 Å². The fourth-order valence-electron chi connectivity index (χ4n) is 2.04. The van der Waals surface area contributed by atoms with Gasteiger partial charge in [-0.3, -0.25) is 9.59 Å². The third-order valence-corrected chi connectivity index (χ3v) is 4.08. The summed E-state index contributed by atoms with van der Waals surface area (Å²) >= 11 is 1.34. The van der Waals surface area contributed by atoms with Gasteiger partial charge >= 0.3 is 0 Å². The summed E-state index contributed by atoms with van der Waals surface area (Å²) < 4.78 is 5.72. The van der Waals surface area contributed by atoms with Gasteiger partial charge in [-0.2, -0.15) is 0 Å². The second-order valence-corrected chi connectivity index (χ2v) is 5.25. The monoisotopic (exact) mass is 286 g/mol. The predicted molar refractivity (Wildman–Crippen MR) is 74.1 cm³/mol. The van der Waals surface area contributed by atoms with Crippen LogP contribution in [-0.2, 0) is 0 Å². The van der Waals surface area contributed by atoms with E-state index in [1.54, 1.807) is 6.07 Å². The minimum Gasteiger partial charge on any atom is -0.455 e. The summed E-state index contributed by atoms with van der Waals surface area (Å²) in [5.74, 6) is -0.202. The van der Waals surface area contributed by atoms with Gasteiger partial charge in [0.2, 0.25) is 5.91 Å². The van der Waals surface area contributed by atoms with Crippen LogP contribution in [0.5, 0.6) is 11.5 Å². The largest absolute Gasteiger partial charge is 0.455 e. The van der Waals surface area contributed by atoms with Gasteiger partial charge in [0.05, 0.1) is 20.9 Å². The number of fused-ring (bicyclic) bond motifs is 2. The number of hydrogen-bond donors (Lipinski definition) is 2. The van der Waals surface area contributed by atoms with Crippen molar-refractivity contribution in [1.82, 2.24) is 0 Å². The highest BCUT2D eigenvalue weighted by molar-refractivity contribution is 7.99. The van der Waals surface area contributed by atoms with Crippen molar-refractivity contribution >= 4 is 23.6 Å². The Hall–Kier alpha value is -2.47. The van der Waals surface area contributed by atoms with Crippen molar-refractivity contribution in [3.8, 4) is 11.5 Å². The summed E-state index contributed by atoms with van der Waals surface area (Å²) in [5, 5.41) is 0. The number of amides is 2. The number of nitrogens with two attached hydrogens (primary N) is 2. The Balaban J connectivity index is 2.21. The zero-order chi connectivity index (χ0) is 14.3. The van der Waals surface area contributed by atoms with Crippen molar-refractivity contribution < 1.29 is 14.3 Å². The lowest BCUT2D eigenvalue weighted by molar-refractivity contribution is 0.0964. The van der Waals surface area contributed by atoms with Crippen LogP contribution < -0.4 is 16.2 Å². The van der Waals surface area contributed by atoms with Crippen LogP contribution in [0.25, 0.3) is 0 Å². The quantitative estimate of drug-likeness (QED) is 0.754. The Kier molecular flexibility index (Phi) is 2.87. The molecule has 2 aromatic rings. The molecule has 4 N–H and O–H groups in total. The number of carbonyl (C=O) groups excluding carboxylic acids is 2. The van der Waals surface area contributed by atoms with Gasteiger partial charge in [-0.1, -0.05) is 23.9 Å². The highest BCUT2D eigenvalue weighted by Crippen LogP contribution is 2.48. The standard InChI is InChI=1S/C14H10N2O3S/c15-13(17)7-5-6-9-12(11(7)14(16)18)20-10-4-2-1-3-8(10)19-9/h1-6H,(H2,15,17)(H2,16,18). The van der Waals surface area contributed by atoms with E-state index in [4.69, 9.17) is 16.2 Å². The highest BCUT2D eigenvalue weighted by Gasteiger charge is 2.26. The second-order valence-electron chi connectivity index (χ2n) is 4.19. The molecule has 1 aliphatic heterocycles. The summed E-state index contributed by atoms with van der Waals surface area (Å²) in [7, 11) is 0. The van der Waals surface area contributed by atoms with Crippen LogP contribution in [0.4, 0.5) is 0 Å². The summed E-state index contributed by atoms with van der Waals surface area (Å²) in [6.45, 7) is 0. The number of carbonyl (C=O) groups is 2. The molecule has 0 aliphatic carbocycles. The molecule has 3 rings (SSSR count). The molecule has 0 saturated heterocycles. The molecule has 0 aromatic heterocycles. The molecule has 0 fully saturated rings. The molecule has 5 nitrogen and oxygen atoms in total. The minimum atomic E-state index is -0.703. The molecule has 0 saturated carbocycles. The minimum absolute atomic E-state index is 0.103. The molecule has 1 heterocycles. The first-order valence-electron chi connectivity index (χ1n) is 5.79. The van der Waals surface area contributed by atoms with Crippen LogP contribution in [0.3, 0.4) is 0 Å². The Morgan fingerprint density at radius 2 is 1.70 bits per heavy atom. The van der Waals surface area contributed by atoms with E-state index in [-0.39, 0.29) is 11.1 Å². The van der Waals surface area contributed by atoms with E-state index in [1.807, 2.05) is 24.3 Å². The second kappa shape index (κ2) is 4.57. The summed E-state index contributed by atoms with van der Waals surface area (Å²) in [4.78, 5) is 24.4. The molecule has 0 atom stereocenters. The molecule has 0 spiro atoms. The number of hydrogen-bond acceptors (Lipinski definition) is 4. The van der Waals surface area contributed by atoms with E-state index in [9.17, 15) is 9.59 Å². The maximum Gasteiger partial charge on any atom is 0.250 e. The van der Waals surface area contributed by atoms with Crippen molar-refractivity contribution in [3.63, 3.8) is 0 Å². The summed E-state index contributed by atoms with van der Waals surface area (Å²) in [5.41, 5.74) is 10.9. The number of benzene rings is 2. The maximum atomic E-state index is 11.7. The summed E-state index contributed by atoms with van der Waals surface area (Å²) in [6, 6.07) is 10.5. The summed E-state index contributed by atoms with van der Waals surface area (Å²) in [6.07, 6.45) is 0. The van der Waals surface area contributed by atoms with Crippen molar-refractivity contribution in [2.75, 3.05) is 0 Å². The molecule has 2 amide bonds. The van der Waals surface area contributed by atoms with E-state index in [0.717, 1.165) is 4.90 Å². The van der Waals surface area contributed by atoms with Gasteiger partial charge in [0.15, 0.2) is 0 Å². The molecule has 1 aliphatic rings. The number of rotatable bonds is 2. The molecule has 2 aromatic carbocycles. The third-order valence-electron chi connectivity index (χ3n) is 2.91. The van der Waals surface area contributed by atoms with Crippen molar-refractivity contribution in [3.05, 3.63) is 47.5 Å². The molecule has 0 bridgehead atoms. The van der Waals surface area contributed by atoms with Gasteiger partial charge in [-0.05, 0) is 24.3 Å². The lowest BCUT2D eigenvalue weighted by atomic mass is 10.1. The average molecular weight is 286 g/mol. The fraction of sp³-hybridized carbons (Fsp3) is 0. The molecule has 6 heteroatoms. The Morgan fingerprint density at radius 1 is 0.950 bits per heavy atom. The van der Waals surface area contributed by atoms with Crippen LogP contribution in [0.2, 0.25) is 0 Å². The van der Waals surface area contributed by atoms with Gasteiger partial charge in [0.1, 0.15) is 11.5 Å². The van der Waals surface area contributed by atoms with Crippen LogP contribution in [0.15, 0.2) is 46.2 Å². The Bertz CT molecular complexity index is 743.